The van der Waals surface area contributed by atoms with Crippen molar-refractivity contribution in [3.05, 3.63) is 23.2 Å². The fraction of sp³-hybridized carbons (Fsp3) is 0.417. The molecule has 0 radical (unpaired) electrons. The topological polar surface area (TPSA) is 58.6 Å². The first kappa shape index (κ1) is 12.2. The molecule has 2 rings (SSSR count). The summed E-state index contributed by atoms with van der Waals surface area (Å²) < 4.78 is 5.49. The van der Waals surface area contributed by atoms with Gasteiger partial charge in [-0.25, -0.2) is 0 Å². The summed E-state index contributed by atoms with van der Waals surface area (Å²) in [6, 6.07) is 4.99. The number of amides is 1. The van der Waals surface area contributed by atoms with Crippen molar-refractivity contribution < 1.29 is 14.6 Å². The molecule has 1 aromatic rings. The highest BCUT2D eigenvalue weighted by atomic mass is 35.5. The van der Waals surface area contributed by atoms with Crippen LogP contribution in [0.25, 0.3) is 0 Å². The maximum absolute atomic E-state index is 11.7. The van der Waals surface area contributed by atoms with Crippen molar-refractivity contribution in [3.63, 3.8) is 0 Å². The van der Waals surface area contributed by atoms with Gasteiger partial charge in [-0.05, 0) is 24.6 Å². The quantitative estimate of drug-likeness (QED) is 0.871. The molecule has 0 spiro atoms. The molecule has 0 saturated heterocycles. The lowest BCUT2D eigenvalue weighted by molar-refractivity contribution is -0.128. The van der Waals surface area contributed by atoms with E-state index in [9.17, 15) is 9.90 Å². The van der Waals surface area contributed by atoms with Gasteiger partial charge >= 0.3 is 0 Å². The number of aliphatic hydroxyl groups is 1. The Labute approximate surface area is 105 Å². The van der Waals surface area contributed by atoms with Crippen molar-refractivity contribution >= 4 is 23.2 Å². The Hall–Kier alpha value is -1.26. The van der Waals surface area contributed by atoms with Gasteiger partial charge in [-0.15, -0.1) is 0 Å². The number of hydrogen-bond acceptors (Lipinski definition) is 3. The highest BCUT2D eigenvalue weighted by Crippen LogP contribution is 2.33. The lowest BCUT2D eigenvalue weighted by Crippen LogP contribution is -2.45. The van der Waals surface area contributed by atoms with E-state index in [4.69, 9.17) is 16.3 Å². The molecule has 0 bridgehead atoms. The fourth-order valence-electron chi connectivity index (χ4n) is 1.80. The minimum absolute atomic E-state index is 0.333. The van der Waals surface area contributed by atoms with Crippen molar-refractivity contribution in [2.45, 2.75) is 32.0 Å². The third-order valence-corrected chi connectivity index (χ3v) is 2.88. The van der Waals surface area contributed by atoms with Crippen LogP contribution in [0.3, 0.4) is 0 Å². The van der Waals surface area contributed by atoms with Crippen LogP contribution in [-0.2, 0) is 4.79 Å². The maximum Gasteiger partial charge on any atom is 0.268 e. The first-order valence-corrected chi connectivity index (χ1v) is 5.94. The number of hydrogen-bond donors (Lipinski definition) is 2. The summed E-state index contributed by atoms with van der Waals surface area (Å²) in [5, 5.41) is 13.0. The van der Waals surface area contributed by atoms with Crippen LogP contribution in [0.4, 0.5) is 5.69 Å². The summed E-state index contributed by atoms with van der Waals surface area (Å²) in [7, 11) is 0. The molecule has 4 nitrogen and oxygen atoms in total. The van der Waals surface area contributed by atoms with E-state index >= 15 is 0 Å². The average Bonchev–Trinajstić information content (AvgIpc) is 2.28. The van der Waals surface area contributed by atoms with Gasteiger partial charge in [0, 0.05) is 5.02 Å². The number of halogens is 1. The van der Waals surface area contributed by atoms with Crippen molar-refractivity contribution in [2.24, 2.45) is 0 Å². The SMILES string of the molecule is CCC[C@@H](O)[C@@H]1Oc2ccc(Cl)cc2NC1=O. The highest BCUT2D eigenvalue weighted by Gasteiger charge is 2.33. The number of anilines is 1. The number of fused-ring (bicyclic) bond motifs is 1. The van der Waals surface area contributed by atoms with Crippen LogP contribution in [0.2, 0.25) is 5.02 Å². The molecule has 92 valence electrons. The zero-order valence-corrected chi connectivity index (χ0v) is 10.2. The molecule has 0 aromatic heterocycles. The summed E-state index contributed by atoms with van der Waals surface area (Å²) in [6.45, 7) is 1.94. The van der Waals surface area contributed by atoms with Gasteiger partial charge in [-0.2, -0.15) is 0 Å². The molecule has 17 heavy (non-hydrogen) atoms. The maximum atomic E-state index is 11.7. The van der Waals surface area contributed by atoms with Gasteiger partial charge in [0.15, 0.2) is 0 Å². The van der Waals surface area contributed by atoms with E-state index in [1.807, 2.05) is 6.92 Å². The number of carbonyl (C=O) groups is 1. The van der Waals surface area contributed by atoms with E-state index in [2.05, 4.69) is 5.32 Å². The first-order valence-electron chi connectivity index (χ1n) is 5.57. The molecule has 0 fully saturated rings. The van der Waals surface area contributed by atoms with Crippen molar-refractivity contribution in [1.82, 2.24) is 0 Å². The number of nitrogens with one attached hydrogen (secondary N) is 1. The van der Waals surface area contributed by atoms with Gasteiger partial charge in [0.05, 0.1) is 5.69 Å². The van der Waals surface area contributed by atoms with E-state index in [0.717, 1.165) is 6.42 Å². The van der Waals surface area contributed by atoms with Crippen LogP contribution in [-0.4, -0.2) is 23.2 Å². The van der Waals surface area contributed by atoms with E-state index in [-0.39, 0.29) is 5.91 Å². The lowest BCUT2D eigenvalue weighted by Gasteiger charge is -2.28. The molecule has 1 aliphatic rings. The number of ether oxygens (including phenoxy) is 1. The second-order valence-corrected chi connectivity index (χ2v) is 4.46. The fourth-order valence-corrected chi connectivity index (χ4v) is 1.97. The summed E-state index contributed by atoms with van der Waals surface area (Å²) in [4.78, 5) is 11.7. The summed E-state index contributed by atoms with van der Waals surface area (Å²) >= 11 is 5.82. The van der Waals surface area contributed by atoms with E-state index in [0.29, 0.717) is 22.9 Å². The van der Waals surface area contributed by atoms with Crippen LogP contribution >= 0.6 is 11.6 Å². The third-order valence-electron chi connectivity index (χ3n) is 2.65. The van der Waals surface area contributed by atoms with Crippen LogP contribution < -0.4 is 10.1 Å². The van der Waals surface area contributed by atoms with Crippen molar-refractivity contribution in [3.8, 4) is 5.75 Å². The molecule has 1 amide bonds. The molecule has 2 N–H and O–H groups in total. The zero-order chi connectivity index (χ0) is 12.4. The van der Waals surface area contributed by atoms with Crippen molar-refractivity contribution in [2.75, 3.05) is 5.32 Å². The summed E-state index contributed by atoms with van der Waals surface area (Å²) in [5.41, 5.74) is 0.544. The van der Waals surface area contributed by atoms with E-state index in [1.54, 1.807) is 18.2 Å². The minimum atomic E-state index is -0.844. The number of carbonyl (C=O) groups excluding carboxylic acids is 1. The lowest BCUT2D eigenvalue weighted by atomic mass is 10.1. The van der Waals surface area contributed by atoms with Gasteiger partial charge in [0.2, 0.25) is 6.10 Å². The molecule has 1 aromatic carbocycles. The normalized spacial score (nSPS) is 20.2. The molecular formula is C12H14ClNO3. The number of benzene rings is 1. The zero-order valence-electron chi connectivity index (χ0n) is 9.44. The molecule has 0 saturated carbocycles. The molecule has 0 aliphatic carbocycles. The predicted molar refractivity (Wildman–Crippen MR) is 65.4 cm³/mol. The minimum Gasteiger partial charge on any atom is -0.476 e. The van der Waals surface area contributed by atoms with Gasteiger partial charge < -0.3 is 15.2 Å². The highest BCUT2D eigenvalue weighted by molar-refractivity contribution is 6.31. The standard InChI is InChI=1S/C12H14ClNO3/c1-2-3-9(15)11-12(16)14-8-6-7(13)4-5-10(8)17-11/h4-6,9,11,15H,2-3H2,1H3,(H,14,16)/t9-,11+/m1/s1. The number of aliphatic hydroxyl groups excluding tert-OH is 1. The van der Waals surface area contributed by atoms with Gasteiger partial charge in [-0.1, -0.05) is 24.9 Å². The first-order chi connectivity index (χ1) is 8.11. The van der Waals surface area contributed by atoms with E-state index < -0.39 is 12.2 Å². The Morgan fingerprint density at radius 3 is 3.06 bits per heavy atom. The Bertz CT molecular complexity index is 436. The van der Waals surface area contributed by atoms with E-state index in [1.165, 1.54) is 0 Å². The largest absolute Gasteiger partial charge is 0.476 e. The molecule has 5 heteroatoms. The Balaban J connectivity index is 2.21. The monoisotopic (exact) mass is 255 g/mol. The van der Waals surface area contributed by atoms with Crippen LogP contribution in [0.15, 0.2) is 18.2 Å². The van der Waals surface area contributed by atoms with Gasteiger partial charge in [0.25, 0.3) is 5.91 Å². The van der Waals surface area contributed by atoms with Crippen LogP contribution in [0.5, 0.6) is 5.75 Å². The molecular weight excluding hydrogens is 242 g/mol. The van der Waals surface area contributed by atoms with Crippen LogP contribution in [0, 0.1) is 0 Å². The Morgan fingerprint density at radius 2 is 2.35 bits per heavy atom. The summed E-state index contributed by atoms with van der Waals surface area (Å²) in [5.74, 6) is 0.204. The second-order valence-electron chi connectivity index (χ2n) is 4.02. The Morgan fingerprint density at radius 1 is 1.59 bits per heavy atom. The average molecular weight is 256 g/mol. The second kappa shape index (κ2) is 4.94. The Kier molecular flexibility index (Phi) is 3.54. The molecule has 1 heterocycles. The number of rotatable bonds is 3. The molecule has 2 atom stereocenters. The van der Waals surface area contributed by atoms with Crippen LogP contribution in [0.1, 0.15) is 19.8 Å². The smallest absolute Gasteiger partial charge is 0.268 e. The molecule has 0 unspecified atom stereocenters. The van der Waals surface area contributed by atoms with Gasteiger partial charge in [-0.3, -0.25) is 4.79 Å². The van der Waals surface area contributed by atoms with Crippen molar-refractivity contribution in [1.29, 1.82) is 0 Å². The summed E-state index contributed by atoms with van der Waals surface area (Å²) in [6.07, 6.45) is -0.310. The van der Waals surface area contributed by atoms with Gasteiger partial charge in [0.1, 0.15) is 11.9 Å². The molecule has 1 aliphatic heterocycles. The third kappa shape index (κ3) is 2.53. The predicted octanol–water partition coefficient (Wildman–Crippen LogP) is 2.20.